The van der Waals surface area contributed by atoms with Crippen molar-refractivity contribution in [3.8, 4) is 34.1 Å². The first-order chi connectivity index (χ1) is 17.7. The van der Waals surface area contributed by atoms with Crippen molar-refractivity contribution in [2.75, 3.05) is 19.1 Å². The molecule has 0 spiro atoms. The van der Waals surface area contributed by atoms with E-state index in [1.807, 2.05) is 42.6 Å². The van der Waals surface area contributed by atoms with Crippen molar-refractivity contribution in [1.29, 1.82) is 5.26 Å². The van der Waals surface area contributed by atoms with Crippen LogP contribution in [0.15, 0.2) is 73.6 Å². The molecule has 0 saturated carbocycles. The minimum absolute atomic E-state index is 0.246. The van der Waals surface area contributed by atoms with E-state index in [1.54, 1.807) is 44.0 Å². The number of amides is 1. The van der Waals surface area contributed by atoms with Crippen LogP contribution in [0.1, 0.15) is 25.6 Å². The highest BCUT2D eigenvalue weighted by Gasteiger charge is 2.19. The number of fused-ring (bicyclic) bond motifs is 1. The van der Waals surface area contributed by atoms with Gasteiger partial charge in [0.25, 0.3) is 0 Å². The van der Waals surface area contributed by atoms with E-state index in [4.69, 9.17) is 14.5 Å². The molecule has 0 fully saturated rings. The van der Waals surface area contributed by atoms with E-state index in [1.165, 1.54) is 17.9 Å². The fourth-order valence-corrected chi connectivity index (χ4v) is 4.18. The third kappa shape index (κ3) is 5.07. The van der Waals surface area contributed by atoms with Crippen molar-refractivity contribution in [3.63, 3.8) is 0 Å². The Hall–Kier alpha value is -4.90. The molecule has 0 saturated heterocycles. The van der Waals surface area contributed by atoms with E-state index in [-0.39, 0.29) is 5.91 Å². The summed E-state index contributed by atoms with van der Waals surface area (Å²) in [6, 6.07) is 17.0. The number of methoxy groups -OCH3 is 1. The summed E-state index contributed by atoms with van der Waals surface area (Å²) in [6.45, 7) is 6.69. The summed E-state index contributed by atoms with van der Waals surface area (Å²) in [6.07, 6.45) is 4.26. The normalized spacial score (nSPS) is 11.4. The van der Waals surface area contributed by atoms with Gasteiger partial charge in [-0.1, -0.05) is 18.7 Å². The molecule has 0 aliphatic rings. The standard InChI is InChI=1S/C29H26N4O4/c1-6-28(35)32(4)24-11-22(12-25(14-24)36-5)23-13-26-27(21-9-7-8-20(10-21)15-30)17-33(29(26)31-16-23)18(2)37-19(3)34/h6-14,16-18H,1H2,2-5H3. The molecule has 2 aromatic carbocycles. The number of hydrogen-bond donors (Lipinski definition) is 0. The number of nitriles is 1. The molecule has 186 valence electrons. The summed E-state index contributed by atoms with van der Waals surface area (Å²) in [7, 11) is 3.23. The van der Waals surface area contributed by atoms with Crippen molar-refractivity contribution in [3.05, 3.63) is 79.1 Å². The maximum atomic E-state index is 12.2. The molecule has 0 radical (unpaired) electrons. The predicted octanol–water partition coefficient (Wildman–Crippen LogP) is 5.48. The average molecular weight is 495 g/mol. The Balaban J connectivity index is 1.93. The summed E-state index contributed by atoms with van der Waals surface area (Å²) in [4.78, 5) is 30.1. The van der Waals surface area contributed by atoms with Crippen LogP contribution in [0.2, 0.25) is 0 Å². The lowest BCUT2D eigenvalue weighted by Gasteiger charge is -2.18. The number of benzene rings is 2. The van der Waals surface area contributed by atoms with Gasteiger partial charge in [0.2, 0.25) is 5.91 Å². The molecule has 1 unspecified atom stereocenters. The van der Waals surface area contributed by atoms with Gasteiger partial charge >= 0.3 is 5.97 Å². The Bertz CT molecular complexity index is 1560. The zero-order valence-corrected chi connectivity index (χ0v) is 21.1. The van der Waals surface area contributed by atoms with Crippen molar-refractivity contribution in [1.82, 2.24) is 9.55 Å². The van der Waals surface area contributed by atoms with Crippen LogP contribution in [0, 0.1) is 11.3 Å². The second-order valence-corrected chi connectivity index (χ2v) is 8.47. The molecule has 4 rings (SSSR count). The van der Waals surface area contributed by atoms with Crippen LogP contribution in [0.4, 0.5) is 5.69 Å². The molecule has 0 bridgehead atoms. The number of carbonyl (C=O) groups excluding carboxylic acids is 2. The summed E-state index contributed by atoms with van der Waals surface area (Å²) in [5.74, 6) is -0.0654. The minimum Gasteiger partial charge on any atom is -0.497 e. The van der Waals surface area contributed by atoms with Crippen LogP contribution >= 0.6 is 0 Å². The van der Waals surface area contributed by atoms with Gasteiger partial charge in [0, 0.05) is 54.6 Å². The Morgan fingerprint density at radius 2 is 1.95 bits per heavy atom. The van der Waals surface area contributed by atoms with Crippen molar-refractivity contribution in [2.45, 2.75) is 20.1 Å². The van der Waals surface area contributed by atoms with Crippen LogP contribution in [0.25, 0.3) is 33.3 Å². The van der Waals surface area contributed by atoms with Crippen LogP contribution in [-0.4, -0.2) is 35.6 Å². The Morgan fingerprint density at radius 3 is 2.62 bits per heavy atom. The highest BCUT2D eigenvalue weighted by atomic mass is 16.6. The van der Waals surface area contributed by atoms with E-state index in [0.717, 1.165) is 27.6 Å². The third-order valence-electron chi connectivity index (χ3n) is 6.05. The van der Waals surface area contributed by atoms with Gasteiger partial charge in [-0.05, 0) is 54.5 Å². The van der Waals surface area contributed by atoms with Crippen molar-refractivity contribution in [2.24, 2.45) is 0 Å². The molecule has 0 aliphatic carbocycles. The smallest absolute Gasteiger partial charge is 0.304 e. The number of anilines is 1. The number of aromatic nitrogens is 2. The lowest BCUT2D eigenvalue weighted by molar-refractivity contribution is -0.149. The van der Waals surface area contributed by atoms with Gasteiger partial charge in [0.15, 0.2) is 6.23 Å². The van der Waals surface area contributed by atoms with Gasteiger partial charge in [-0.25, -0.2) is 4.98 Å². The number of nitrogens with zero attached hydrogens (tertiary/aromatic N) is 4. The van der Waals surface area contributed by atoms with Crippen LogP contribution in [0.3, 0.4) is 0 Å². The molecule has 8 nitrogen and oxygen atoms in total. The molecule has 0 N–H and O–H groups in total. The van der Waals surface area contributed by atoms with Crippen molar-refractivity contribution < 1.29 is 19.1 Å². The average Bonchev–Trinajstić information content (AvgIpc) is 3.30. The van der Waals surface area contributed by atoms with E-state index in [0.29, 0.717) is 22.6 Å². The molecular formula is C29H26N4O4. The second-order valence-electron chi connectivity index (χ2n) is 8.47. The van der Waals surface area contributed by atoms with Gasteiger partial charge in [-0.15, -0.1) is 0 Å². The first kappa shape index (κ1) is 25.2. The summed E-state index contributed by atoms with van der Waals surface area (Å²) in [5.41, 5.74) is 5.05. The number of carbonyl (C=O) groups is 2. The van der Waals surface area contributed by atoms with Crippen LogP contribution in [-0.2, 0) is 14.3 Å². The SMILES string of the molecule is C=CC(=O)N(C)c1cc(OC)cc(-c2cnc3c(c2)c(-c2cccc(C#N)c2)cn3C(C)OC(C)=O)c1. The molecule has 1 amide bonds. The monoisotopic (exact) mass is 494 g/mol. The molecule has 8 heteroatoms. The van der Waals surface area contributed by atoms with Crippen LogP contribution < -0.4 is 9.64 Å². The van der Waals surface area contributed by atoms with Gasteiger partial charge in [0.05, 0.1) is 18.7 Å². The molecule has 37 heavy (non-hydrogen) atoms. The van der Waals surface area contributed by atoms with Gasteiger partial charge in [-0.3, -0.25) is 14.2 Å². The number of hydrogen-bond acceptors (Lipinski definition) is 6. The van der Waals surface area contributed by atoms with E-state index < -0.39 is 12.2 Å². The number of pyridine rings is 1. The lowest BCUT2D eigenvalue weighted by Crippen LogP contribution is -2.23. The second kappa shape index (κ2) is 10.4. The Kier molecular flexibility index (Phi) is 7.07. The first-order valence-corrected chi connectivity index (χ1v) is 11.5. The minimum atomic E-state index is -0.590. The third-order valence-corrected chi connectivity index (χ3v) is 6.05. The lowest BCUT2D eigenvalue weighted by atomic mass is 10.0. The summed E-state index contributed by atoms with van der Waals surface area (Å²) in [5, 5.41) is 10.2. The van der Waals surface area contributed by atoms with Gasteiger partial charge < -0.3 is 14.4 Å². The van der Waals surface area contributed by atoms with E-state index in [2.05, 4.69) is 12.6 Å². The maximum absolute atomic E-state index is 12.2. The zero-order valence-electron chi connectivity index (χ0n) is 21.1. The quantitative estimate of drug-likeness (QED) is 0.249. The highest BCUT2D eigenvalue weighted by Crippen LogP contribution is 2.36. The summed E-state index contributed by atoms with van der Waals surface area (Å²) < 4.78 is 12.7. The van der Waals surface area contributed by atoms with Gasteiger partial charge in [-0.2, -0.15) is 5.26 Å². The Labute approximate surface area is 215 Å². The molecule has 4 aromatic rings. The number of ether oxygens (including phenoxy) is 2. The van der Waals surface area contributed by atoms with Crippen molar-refractivity contribution >= 4 is 28.6 Å². The highest BCUT2D eigenvalue weighted by molar-refractivity contribution is 6.01. The molecule has 0 aliphatic heterocycles. The first-order valence-electron chi connectivity index (χ1n) is 11.5. The summed E-state index contributed by atoms with van der Waals surface area (Å²) >= 11 is 0. The fourth-order valence-electron chi connectivity index (χ4n) is 4.18. The van der Waals surface area contributed by atoms with Crippen LogP contribution in [0.5, 0.6) is 5.75 Å². The fraction of sp³-hybridized carbons (Fsp3) is 0.172. The predicted molar refractivity (Wildman–Crippen MR) is 142 cm³/mol. The Morgan fingerprint density at radius 1 is 1.16 bits per heavy atom. The molecule has 1 atom stereocenters. The molecular weight excluding hydrogens is 468 g/mol. The number of likely N-dealkylation sites (N-methyl/N-ethyl adjacent to an activating group) is 1. The van der Waals surface area contributed by atoms with E-state index in [9.17, 15) is 14.9 Å². The molecule has 2 aromatic heterocycles. The topological polar surface area (TPSA) is 97.5 Å². The molecule has 2 heterocycles. The van der Waals surface area contributed by atoms with Gasteiger partial charge in [0.1, 0.15) is 11.4 Å². The number of esters is 1. The zero-order chi connectivity index (χ0) is 26.7. The number of rotatable bonds is 7. The van der Waals surface area contributed by atoms with E-state index >= 15 is 0 Å². The largest absolute Gasteiger partial charge is 0.497 e. The maximum Gasteiger partial charge on any atom is 0.304 e.